The van der Waals surface area contributed by atoms with Crippen molar-refractivity contribution < 1.29 is 13.2 Å². The Morgan fingerprint density at radius 3 is 2.50 bits per heavy atom. The lowest BCUT2D eigenvalue weighted by atomic mass is 10.1. The summed E-state index contributed by atoms with van der Waals surface area (Å²) in [7, 11) is -0.343. The van der Waals surface area contributed by atoms with E-state index in [4.69, 9.17) is 16.3 Å². The molecule has 0 aliphatic carbocycles. The van der Waals surface area contributed by atoms with Crippen molar-refractivity contribution in [3.8, 4) is 0 Å². The van der Waals surface area contributed by atoms with Crippen molar-refractivity contribution in [3.63, 3.8) is 0 Å². The Morgan fingerprint density at radius 2 is 2.06 bits per heavy atom. The average molecular weight is 271 g/mol. The summed E-state index contributed by atoms with van der Waals surface area (Å²) < 4.78 is 32.3. The van der Waals surface area contributed by atoms with Crippen LogP contribution in [-0.2, 0) is 14.9 Å². The maximum absolute atomic E-state index is 12.0. The lowest BCUT2D eigenvalue weighted by Gasteiger charge is -2.42. The smallest absolute Gasteiger partial charge is 0.281 e. The summed E-state index contributed by atoms with van der Waals surface area (Å²) in [5.74, 6) is 0.295. The summed E-state index contributed by atoms with van der Waals surface area (Å²) in [6.07, 6.45) is -0.250. The monoisotopic (exact) mass is 270 g/mol. The van der Waals surface area contributed by atoms with Gasteiger partial charge in [0, 0.05) is 33.1 Å². The Balaban J connectivity index is 2.90. The van der Waals surface area contributed by atoms with E-state index in [0.717, 1.165) is 0 Å². The largest absolute Gasteiger partial charge is 0.368 e. The standard InChI is InChI=1S/C9H19ClN2O3S/c1-9(2)7-12(6-8(5-10)15-9)16(13,14)11(3)4/h8H,5-7H2,1-4H3. The molecule has 0 radical (unpaired) electrons. The third-order valence-corrected chi connectivity index (χ3v) is 4.61. The zero-order valence-corrected chi connectivity index (χ0v) is 11.7. The Bertz CT molecular complexity index is 343. The van der Waals surface area contributed by atoms with Crippen LogP contribution in [0.25, 0.3) is 0 Å². The first-order valence-electron chi connectivity index (χ1n) is 5.10. The maximum atomic E-state index is 12.0. The van der Waals surface area contributed by atoms with Gasteiger partial charge in [0.25, 0.3) is 10.2 Å². The molecule has 1 fully saturated rings. The molecule has 16 heavy (non-hydrogen) atoms. The lowest BCUT2D eigenvalue weighted by molar-refractivity contribution is -0.108. The van der Waals surface area contributed by atoms with E-state index in [1.54, 1.807) is 0 Å². The Kier molecular flexibility index (Phi) is 4.23. The molecule has 0 spiro atoms. The molecule has 5 nitrogen and oxygen atoms in total. The van der Waals surface area contributed by atoms with Crippen molar-refractivity contribution in [2.45, 2.75) is 25.6 Å². The van der Waals surface area contributed by atoms with Crippen LogP contribution in [0, 0.1) is 0 Å². The van der Waals surface area contributed by atoms with Crippen molar-refractivity contribution in [1.29, 1.82) is 0 Å². The minimum atomic E-state index is -3.39. The van der Waals surface area contributed by atoms with Crippen molar-refractivity contribution in [1.82, 2.24) is 8.61 Å². The topological polar surface area (TPSA) is 49.9 Å². The van der Waals surface area contributed by atoms with E-state index in [-0.39, 0.29) is 6.10 Å². The molecular weight excluding hydrogens is 252 g/mol. The highest BCUT2D eigenvalue weighted by molar-refractivity contribution is 7.86. The first-order valence-corrected chi connectivity index (χ1v) is 7.03. The Hall–Kier alpha value is 0.120. The molecule has 0 N–H and O–H groups in total. The van der Waals surface area contributed by atoms with Gasteiger partial charge in [-0.25, -0.2) is 0 Å². The second-order valence-corrected chi connectivity index (χ2v) is 7.19. The van der Waals surface area contributed by atoms with Crippen LogP contribution in [0.3, 0.4) is 0 Å². The van der Waals surface area contributed by atoms with Gasteiger partial charge in [0.05, 0.1) is 11.7 Å². The number of alkyl halides is 1. The highest BCUT2D eigenvalue weighted by Gasteiger charge is 2.39. The molecule has 1 atom stereocenters. The molecule has 0 aromatic rings. The van der Waals surface area contributed by atoms with Crippen molar-refractivity contribution in [2.24, 2.45) is 0 Å². The normalized spacial score (nSPS) is 27.2. The van der Waals surface area contributed by atoms with E-state index < -0.39 is 15.8 Å². The molecule has 1 aliphatic heterocycles. The van der Waals surface area contributed by atoms with E-state index in [2.05, 4.69) is 0 Å². The van der Waals surface area contributed by atoms with E-state index in [1.807, 2.05) is 13.8 Å². The lowest BCUT2D eigenvalue weighted by Crippen LogP contribution is -2.57. The number of morpholine rings is 1. The van der Waals surface area contributed by atoms with Gasteiger partial charge >= 0.3 is 0 Å². The van der Waals surface area contributed by atoms with Crippen LogP contribution in [0.5, 0.6) is 0 Å². The van der Waals surface area contributed by atoms with Gasteiger partial charge in [-0.15, -0.1) is 11.6 Å². The predicted octanol–water partition coefficient (Wildman–Crippen LogP) is 0.511. The fraction of sp³-hybridized carbons (Fsp3) is 1.00. The Morgan fingerprint density at radius 1 is 1.50 bits per heavy atom. The third kappa shape index (κ3) is 3.07. The van der Waals surface area contributed by atoms with Crippen LogP contribution in [0.2, 0.25) is 0 Å². The van der Waals surface area contributed by atoms with Crippen LogP contribution in [-0.4, -0.2) is 61.8 Å². The molecule has 1 heterocycles. The molecular formula is C9H19ClN2O3S. The summed E-state index contributed by atoms with van der Waals surface area (Å²) in [6, 6.07) is 0. The predicted molar refractivity (Wildman–Crippen MR) is 63.9 cm³/mol. The van der Waals surface area contributed by atoms with Crippen molar-refractivity contribution in [3.05, 3.63) is 0 Å². The highest BCUT2D eigenvalue weighted by atomic mass is 35.5. The minimum absolute atomic E-state index is 0.250. The first-order chi connectivity index (χ1) is 7.19. The fourth-order valence-corrected chi connectivity index (χ4v) is 3.18. The zero-order chi connectivity index (χ0) is 12.6. The summed E-state index contributed by atoms with van der Waals surface area (Å²) in [6.45, 7) is 4.39. The molecule has 1 rings (SSSR count). The SMILES string of the molecule is CN(C)S(=O)(=O)N1CC(CCl)OC(C)(C)C1. The molecule has 0 amide bonds. The van der Waals surface area contributed by atoms with E-state index >= 15 is 0 Å². The molecule has 1 saturated heterocycles. The molecule has 7 heteroatoms. The average Bonchev–Trinajstić information content (AvgIpc) is 2.14. The number of rotatable bonds is 3. The minimum Gasteiger partial charge on any atom is -0.368 e. The summed E-state index contributed by atoms with van der Waals surface area (Å²) >= 11 is 5.74. The van der Waals surface area contributed by atoms with E-state index in [0.29, 0.717) is 19.0 Å². The molecule has 0 saturated carbocycles. The number of hydrogen-bond acceptors (Lipinski definition) is 3. The van der Waals surface area contributed by atoms with Crippen molar-refractivity contribution in [2.75, 3.05) is 33.1 Å². The number of halogens is 1. The van der Waals surface area contributed by atoms with Crippen LogP contribution in [0.15, 0.2) is 0 Å². The van der Waals surface area contributed by atoms with Gasteiger partial charge in [0.15, 0.2) is 0 Å². The van der Waals surface area contributed by atoms with Gasteiger partial charge in [-0.05, 0) is 13.8 Å². The van der Waals surface area contributed by atoms with Gasteiger partial charge in [-0.2, -0.15) is 17.0 Å². The van der Waals surface area contributed by atoms with Gasteiger partial charge in [0.1, 0.15) is 0 Å². The molecule has 1 unspecified atom stereocenters. The molecule has 0 aromatic heterocycles. The van der Waals surface area contributed by atoms with Crippen LogP contribution >= 0.6 is 11.6 Å². The van der Waals surface area contributed by atoms with Crippen LogP contribution < -0.4 is 0 Å². The molecule has 96 valence electrons. The van der Waals surface area contributed by atoms with Crippen molar-refractivity contribution >= 4 is 21.8 Å². The van der Waals surface area contributed by atoms with Gasteiger partial charge in [-0.1, -0.05) is 0 Å². The molecule has 1 aliphatic rings. The summed E-state index contributed by atoms with van der Waals surface area (Å²) in [5.41, 5.74) is -0.499. The first kappa shape index (κ1) is 14.2. The summed E-state index contributed by atoms with van der Waals surface area (Å²) in [5, 5.41) is 0. The van der Waals surface area contributed by atoms with Crippen LogP contribution in [0.4, 0.5) is 0 Å². The van der Waals surface area contributed by atoms with E-state index in [9.17, 15) is 8.42 Å². The second kappa shape index (κ2) is 4.78. The highest BCUT2D eigenvalue weighted by Crippen LogP contribution is 2.24. The fourth-order valence-electron chi connectivity index (χ4n) is 1.73. The molecule has 0 aromatic carbocycles. The quantitative estimate of drug-likeness (QED) is 0.702. The summed E-state index contributed by atoms with van der Waals surface area (Å²) in [4.78, 5) is 0. The number of ether oxygens (including phenoxy) is 1. The maximum Gasteiger partial charge on any atom is 0.281 e. The zero-order valence-electron chi connectivity index (χ0n) is 10.1. The van der Waals surface area contributed by atoms with Crippen LogP contribution in [0.1, 0.15) is 13.8 Å². The number of nitrogens with zero attached hydrogens (tertiary/aromatic N) is 2. The van der Waals surface area contributed by atoms with Gasteiger partial charge in [0.2, 0.25) is 0 Å². The molecule has 0 bridgehead atoms. The van der Waals surface area contributed by atoms with Gasteiger partial charge < -0.3 is 4.74 Å². The third-order valence-electron chi connectivity index (χ3n) is 2.41. The Labute approximate surface area is 102 Å². The van der Waals surface area contributed by atoms with Gasteiger partial charge in [-0.3, -0.25) is 0 Å². The van der Waals surface area contributed by atoms with E-state index in [1.165, 1.54) is 22.7 Å². The second-order valence-electron chi connectivity index (χ2n) is 4.74. The number of hydrogen-bond donors (Lipinski definition) is 0.